The minimum absolute atomic E-state index is 0.733. The number of nitrogens with zero attached hydrogens (tertiary/aromatic N) is 3. The van der Waals surface area contributed by atoms with E-state index in [-0.39, 0.29) is 0 Å². The summed E-state index contributed by atoms with van der Waals surface area (Å²) in [5, 5.41) is 2.07. The highest BCUT2D eigenvalue weighted by Crippen LogP contribution is 2.32. The zero-order valence-electron chi connectivity index (χ0n) is 12.9. The summed E-state index contributed by atoms with van der Waals surface area (Å²) < 4.78 is 11.9. The lowest BCUT2D eigenvalue weighted by atomic mass is 10.2. The van der Waals surface area contributed by atoms with E-state index in [1.54, 1.807) is 18.4 Å². The van der Waals surface area contributed by atoms with Gasteiger partial charge in [0.05, 0.1) is 30.5 Å². The van der Waals surface area contributed by atoms with E-state index in [2.05, 4.69) is 16.3 Å². The van der Waals surface area contributed by atoms with Gasteiger partial charge in [-0.1, -0.05) is 12.1 Å². The first-order chi connectivity index (χ1) is 11.3. The number of fused-ring (bicyclic) bond motifs is 1. The molecule has 23 heavy (non-hydrogen) atoms. The molecule has 1 aliphatic rings. The summed E-state index contributed by atoms with van der Waals surface area (Å²) in [5.41, 5.74) is 1.95. The van der Waals surface area contributed by atoms with E-state index >= 15 is 0 Å². The Morgan fingerprint density at radius 1 is 1.17 bits per heavy atom. The van der Waals surface area contributed by atoms with Crippen molar-refractivity contribution in [3.63, 3.8) is 0 Å². The van der Waals surface area contributed by atoms with Crippen molar-refractivity contribution in [3.05, 3.63) is 35.7 Å². The molecule has 3 aromatic rings. The molecular formula is C17H17N3O2S. The number of hydrogen-bond acceptors (Lipinski definition) is 6. The van der Waals surface area contributed by atoms with Crippen LogP contribution in [0, 0.1) is 0 Å². The normalized spacial score (nSPS) is 15.1. The van der Waals surface area contributed by atoms with E-state index < -0.39 is 0 Å². The molecule has 0 spiro atoms. The zero-order chi connectivity index (χ0) is 15.6. The number of benzene rings is 1. The quantitative estimate of drug-likeness (QED) is 0.739. The Kier molecular flexibility index (Phi) is 3.85. The third kappa shape index (κ3) is 2.75. The standard InChI is InChI=1S/C17H17N3O2S/c1-21-13-4-2-3-12(11-13)16-18-14-5-10-23-15(14)17(19-16)20-6-8-22-9-7-20/h2-5,10-11H,6-9H2,1H3. The Hall–Kier alpha value is -2.18. The lowest BCUT2D eigenvalue weighted by Crippen LogP contribution is -2.36. The van der Waals surface area contributed by atoms with Crippen molar-refractivity contribution in [2.75, 3.05) is 38.3 Å². The number of aromatic nitrogens is 2. The first-order valence-corrected chi connectivity index (χ1v) is 8.45. The topological polar surface area (TPSA) is 47.5 Å². The van der Waals surface area contributed by atoms with Crippen LogP contribution in [-0.2, 0) is 4.74 Å². The predicted molar refractivity (Wildman–Crippen MR) is 92.4 cm³/mol. The molecule has 1 aliphatic heterocycles. The Morgan fingerprint density at radius 2 is 2.04 bits per heavy atom. The SMILES string of the molecule is COc1cccc(-c2nc(N3CCOCC3)c3sccc3n2)c1. The van der Waals surface area contributed by atoms with Gasteiger partial charge in [0.2, 0.25) is 0 Å². The van der Waals surface area contributed by atoms with Gasteiger partial charge in [0, 0.05) is 18.7 Å². The van der Waals surface area contributed by atoms with Gasteiger partial charge in [-0.3, -0.25) is 0 Å². The second kappa shape index (κ2) is 6.14. The second-order valence-electron chi connectivity index (χ2n) is 5.34. The van der Waals surface area contributed by atoms with Gasteiger partial charge >= 0.3 is 0 Å². The molecule has 1 saturated heterocycles. The summed E-state index contributed by atoms with van der Waals surface area (Å²) in [6.07, 6.45) is 0. The molecule has 0 aliphatic carbocycles. The predicted octanol–water partition coefficient (Wildman–Crippen LogP) is 3.20. The van der Waals surface area contributed by atoms with Gasteiger partial charge < -0.3 is 14.4 Å². The average Bonchev–Trinajstić information content (AvgIpc) is 3.10. The maximum Gasteiger partial charge on any atom is 0.162 e. The van der Waals surface area contributed by atoms with Crippen LogP contribution in [0.1, 0.15) is 0 Å². The van der Waals surface area contributed by atoms with Gasteiger partial charge in [0.15, 0.2) is 11.6 Å². The van der Waals surface area contributed by atoms with Gasteiger partial charge in [-0.15, -0.1) is 11.3 Å². The summed E-state index contributed by atoms with van der Waals surface area (Å²) in [7, 11) is 1.67. The molecule has 118 valence electrons. The summed E-state index contributed by atoms with van der Waals surface area (Å²) in [6, 6.07) is 9.92. The van der Waals surface area contributed by atoms with Crippen LogP contribution in [-0.4, -0.2) is 43.4 Å². The number of anilines is 1. The molecule has 0 radical (unpaired) electrons. The maximum absolute atomic E-state index is 5.46. The molecule has 5 nitrogen and oxygen atoms in total. The molecule has 1 aromatic carbocycles. The molecule has 1 fully saturated rings. The molecule has 0 unspecified atom stereocenters. The fourth-order valence-electron chi connectivity index (χ4n) is 2.73. The smallest absolute Gasteiger partial charge is 0.162 e. The van der Waals surface area contributed by atoms with Crippen LogP contribution in [0.15, 0.2) is 35.7 Å². The van der Waals surface area contributed by atoms with Crippen LogP contribution in [0.25, 0.3) is 21.6 Å². The van der Waals surface area contributed by atoms with Crippen LogP contribution >= 0.6 is 11.3 Å². The molecule has 0 atom stereocenters. The van der Waals surface area contributed by atoms with Crippen molar-refractivity contribution >= 4 is 27.4 Å². The van der Waals surface area contributed by atoms with Crippen molar-refractivity contribution in [3.8, 4) is 17.1 Å². The maximum atomic E-state index is 5.46. The van der Waals surface area contributed by atoms with E-state index in [0.717, 1.165) is 59.5 Å². The van der Waals surface area contributed by atoms with Crippen LogP contribution in [0.2, 0.25) is 0 Å². The minimum atomic E-state index is 0.733. The minimum Gasteiger partial charge on any atom is -0.497 e. The first kappa shape index (κ1) is 14.4. The van der Waals surface area contributed by atoms with Crippen molar-refractivity contribution in [2.45, 2.75) is 0 Å². The van der Waals surface area contributed by atoms with Gasteiger partial charge in [0.1, 0.15) is 5.75 Å². The fourth-order valence-corrected chi connectivity index (χ4v) is 3.58. The summed E-state index contributed by atoms with van der Waals surface area (Å²) in [5.74, 6) is 2.55. The molecule has 0 amide bonds. The van der Waals surface area contributed by atoms with Gasteiger partial charge in [-0.05, 0) is 23.6 Å². The number of hydrogen-bond donors (Lipinski definition) is 0. The zero-order valence-corrected chi connectivity index (χ0v) is 13.7. The third-order valence-corrected chi connectivity index (χ3v) is 4.82. The van der Waals surface area contributed by atoms with Crippen molar-refractivity contribution in [2.24, 2.45) is 0 Å². The molecule has 3 heterocycles. The Balaban J connectivity index is 1.83. The molecule has 4 rings (SSSR count). The highest BCUT2D eigenvalue weighted by atomic mass is 32.1. The number of rotatable bonds is 3. The second-order valence-corrected chi connectivity index (χ2v) is 6.25. The summed E-state index contributed by atoms with van der Waals surface area (Å²) in [4.78, 5) is 11.9. The monoisotopic (exact) mass is 327 g/mol. The molecular weight excluding hydrogens is 310 g/mol. The van der Waals surface area contributed by atoms with E-state index in [0.29, 0.717) is 0 Å². The highest BCUT2D eigenvalue weighted by Gasteiger charge is 2.18. The third-order valence-electron chi connectivity index (χ3n) is 3.92. The van der Waals surface area contributed by atoms with Gasteiger partial charge in [-0.25, -0.2) is 9.97 Å². The Labute approximate surface area is 138 Å². The van der Waals surface area contributed by atoms with E-state index in [1.807, 2.05) is 24.3 Å². The number of ether oxygens (including phenoxy) is 2. The van der Waals surface area contributed by atoms with Crippen LogP contribution in [0.4, 0.5) is 5.82 Å². The molecule has 0 saturated carbocycles. The van der Waals surface area contributed by atoms with Gasteiger partial charge in [-0.2, -0.15) is 0 Å². The van der Waals surface area contributed by atoms with Crippen molar-refractivity contribution in [1.29, 1.82) is 0 Å². The van der Waals surface area contributed by atoms with Crippen LogP contribution in [0.5, 0.6) is 5.75 Å². The Bertz CT molecular complexity index is 828. The molecule has 6 heteroatoms. The van der Waals surface area contributed by atoms with Crippen molar-refractivity contribution in [1.82, 2.24) is 9.97 Å². The number of morpholine rings is 1. The molecule has 2 aromatic heterocycles. The molecule has 0 N–H and O–H groups in total. The number of thiophene rings is 1. The fraction of sp³-hybridized carbons (Fsp3) is 0.294. The van der Waals surface area contributed by atoms with E-state index in [9.17, 15) is 0 Å². The lowest BCUT2D eigenvalue weighted by Gasteiger charge is -2.28. The van der Waals surface area contributed by atoms with Crippen molar-refractivity contribution < 1.29 is 9.47 Å². The number of methoxy groups -OCH3 is 1. The first-order valence-electron chi connectivity index (χ1n) is 7.57. The highest BCUT2D eigenvalue weighted by molar-refractivity contribution is 7.17. The Morgan fingerprint density at radius 3 is 2.87 bits per heavy atom. The van der Waals surface area contributed by atoms with Crippen LogP contribution in [0.3, 0.4) is 0 Å². The van der Waals surface area contributed by atoms with Gasteiger partial charge in [0.25, 0.3) is 0 Å². The largest absolute Gasteiger partial charge is 0.497 e. The summed E-state index contributed by atoms with van der Waals surface area (Å²) >= 11 is 1.69. The summed E-state index contributed by atoms with van der Waals surface area (Å²) in [6.45, 7) is 3.21. The van der Waals surface area contributed by atoms with E-state index in [4.69, 9.17) is 19.4 Å². The van der Waals surface area contributed by atoms with E-state index in [1.165, 1.54) is 0 Å². The van der Waals surface area contributed by atoms with Crippen LogP contribution < -0.4 is 9.64 Å². The lowest BCUT2D eigenvalue weighted by molar-refractivity contribution is 0.122. The average molecular weight is 327 g/mol. The molecule has 0 bridgehead atoms.